The fourth-order valence-corrected chi connectivity index (χ4v) is 3.48. The number of anilines is 1. The normalized spacial score (nSPS) is 17.2. The minimum atomic E-state index is -3.36. The average Bonchev–Trinajstić information content (AvgIpc) is 3.23. The molecule has 0 radical (unpaired) electrons. The van der Waals surface area contributed by atoms with E-state index in [2.05, 4.69) is 9.82 Å². The molecule has 0 bridgehead atoms. The summed E-state index contributed by atoms with van der Waals surface area (Å²) in [7, 11) is -3.36. The van der Waals surface area contributed by atoms with Gasteiger partial charge < -0.3 is 4.42 Å². The highest BCUT2D eigenvalue weighted by Gasteiger charge is 2.34. The van der Waals surface area contributed by atoms with Crippen molar-refractivity contribution < 1.29 is 17.6 Å². The van der Waals surface area contributed by atoms with E-state index in [0.29, 0.717) is 30.0 Å². The lowest BCUT2D eigenvalue weighted by atomic mass is 10.0. The molecule has 8 heteroatoms. The molecule has 3 rings (SSSR count). The van der Waals surface area contributed by atoms with Crippen molar-refractivity contribution in [1.82, 2.24) is 5.01 Å². The summed E-state index contributed by atoms with van der Waals surface area (Å²) in [5.74, 6) is 0.618. The molecule has 2 aromatic rings. The minimum Gasteiger partial charge on any atom is -0.467 e. The molecule has 1 aromatic carbocycles. The van der Waals surface area contributed by atoms with E-state index in [4.69, 9.17) is 4.42 Å². The molecule has 0 saturated heterocycles. The number of carbonyl (C=O) groups is 1. The van der Waals surface area contributed by atoms with Crippen LogP contribution in [0.5, 0.6) is 0 Å². The lowest BCUT2D eigenvalue weighted by molar-refractivity contribution is -0.133. The third-order valence-electron chi connectivity index (χ3n) is 4.00. The van der Waals surface area contributed by atoms with Crippen LogP contribution in [0.4, 0.5) is 5.69 Å². The molecule has 1 amide bonds. The predicted octanol–water partition coefficient (Wildman–Crippen LogP) is 3.13. The lowest BCUT2D eigenvalue weighted by Gasteiger charge is -2.19. The van der Waals surface area contributed by atoms with Crippen molar-refractivity contribution in [1.29, 1.82) is 0 Å². The van der Waals surface area contributed by atoms with Gasteiger partial charge in [-0.25, -0.2) is 13.4 Å². The first-order valence-electron chi connectivity index (χ1n) is 8.38. The first kappa shape index (κ1) is 18.2. The summed E-state index contributed by atoms with van der Waals surface area (Å²) in [6.07, 6.45) is 4.32. The molecule has 7 nitrogen and oxygen atoms in total. The molecule has 0 fully saturated rings. The number of hydrogen-bond acceptors (Lipinski definition) is 5. The van der Waals surface area contributed by atoms with E-state index in [1.165, 1.54) is 5.01 Å². The van der Waals surface area contributed by atoms with E-state index in [0.717, 1.165) is 18.2 Å². The van der Waals surface area contributed by atoms with Crippen LogP contribution in [-0.4, -0.2) is 31.3 Å². The summed E-state index contributed by atoms with van der Waals surface area (Å²) in [4.78, 5) is 12.5. The zero-order valence-electron chi connectivity index (χ0n) is 14.7. The third-order valence-corrected chi connectivity index (χ3v) is 4.61. The minimum absolute atomic E-state index is 0.0608. The number of benzene rings is 1. The third kappa shape index (κ3) is 4.13. The Kier molecular flexibility index (Phi) is 5.13. The number of hydrogen-bond donors (Lipinski definition) is 1. The van der Waals surface area contributed by atoms with Crippen LogP contribution < -0.4 is 4.72 Å². The Hall–Kier alpha value is -2.61. The highest BCUT2D eigenvalue weighted by Crippen LogP contribution is 2.34. The fourth-order valence-electron chi connectivity index (χ4n) is 2.92. The van der Waals surface area contributed by atoms with Gasteiger partial charge in [0.05, 0.1) is 18.2 Å². The Morgan fingerprint density at radius 3 is 2.81 bits per heavy atom. The van der Waals surface area contributed by atoms with Crippen LogP contribution in [0.1, 0.15) is 43.6 Å². The van der Waals surface area contributed by atoms with Crippen LogP contribution in [0.25, 0.3) is 0 Å². The first-order chi connectivity index (χ1) is 12.4. The fraction of sp³-hybridized carbons (Fsp3) is 0.333. The maximum absolute atomic E-state index is 12.5. The second-order valence-corrected chi connectivity index (χ2v) is 7.97. The van der Waals surface area contributed by atoms with Gasteiger partial charge in [-0.1, -0.05) is 19.1 Å². The quantitative estimate of drug-likeness (QED) is 0.839. The number of nitrogens with one attached hydrogen (secondary N) is 1. The SMILES string of the molecule is CCCC(=O)N1N=C(c2cccc(NS(C)(=O)=O)c2)C[C@@H]1c1ccco1. The van der Waals surface area contributed by atoms with Gasteiger partial charge in [0, 0.05) is 18.5 Å². The van der Waals surface area contributed by atoms with Crippen LogP contribution in [0.3, 0.4) is 0 Å². The molecule has 1 aromatic heterocycles. The van der Waals surface area contributed by atoms with Crippen LogP contribution in [0.2, 0.25) is 0 Å². The molecule has 1 N–H and O–H groups in total. The molecule has 1 aliphatic rings. The zero-order chi connectivity index (χ0) is 18.7. The van der Waals surface area contributed by atoms with E-state index in [-0.39, 0.29) is 11.9 Å². The molecule has 0 aliphatic carbocycles. The largest absolute Gasteiger partial charge is 0.467 e. The number of rotatable bonds is 6. The van der Waals surface area contributed by atoms with Gasteiger partial charge in [0.25, 0.3) is 0 Å². The van der Waals surface area contributed by atoms with Crippen LogP contribution in [0.15, 0.2) is 52.2 Å². The van der Waals surface area contributed by atoms with Gasteiger partial charge in [-0.05, 0) is 36.2 Å². The molecule has 26 heavy (non-hydrogen) atoms. The molecule has 138 valence electrons. The Labute approximate surface area is 152 Å². The zero-order valence-corrected chi connectivity index (χ0v) is 15.5. The van der Waals surface area contributed by atoms with E-state index < -0.39 is 10.0 Å². The highest BCUT2D eigenvalue weighted by atomic mass is 32.2. The van der Waals surface area contributed by atoms with Crippen LogP contribution >= 0.6 is 0 Å². The monoisotopic (exact) mass is 375 g/mol. The number of sulfonamides is 1. The standard InChI is InChI=1S/C18H21N3O4S/c1-3-6-18(22)21-16(17-9-5-10-25-17)12-15(19-21)13-7-4-8-14(11-13)20-26(2,23)24/h4-5,7-11,16,20H,3,6,12H2,1-2H3/t16-/m1/s1. The summed E-state index contributed by atoms with van der Waals surface area (Å²) < 4.78 is 30.8. The molecule has 1 atom stereocenters. The molecular formula is C18H21N3O4S. The molecule has 0 unspecified atom stereocenters. The predicted molar refractivity (Wildman–Crippen MR) is 99.3 cm³/mol. The molecule has 1 aliphatic heterocycles. The van der Waals surface area contributed by atoms with Crippen molar-refractivity contribution in [3.05, 3.63) is 54.0 Å². The van der Waals surface area contributed by atoms with Gasteiger partial charge in [-0.2, -0.15) is 5.10 Å². The van der Waals surface area contributed by atoms with Crippen molar-refractivity contribution in [3.8, 4) is 0 Å². The number of hydrazone groups is 1. The van der Waals surface area contributed by atoms with Crippen molar-refractivity contribution in [3.63, 3.8) is 0 Å². The van der Waals surface area contributed by atoms with Crippen molar-refractivity contribution in [2.75, 3.05) is 11.0 Å². The van der Waals surface area contributed by atoms with Gasteiger partial charge in [0.2, 0.25) is 15.9 Å². The molecule has 0 saturated carbocycles. The Morgan fingerprint density at radius 1 is 1.35 bits per heavy atom. The van der Waals surface area contributed by atoms with Crippen molar-refractivity contribution in [2.45, 2.75) is 32.2 Å². The van der Waals surface area contributed by atoms with Gasteiger partial charge in [-0.3, -0.25) is 9.52 Å². The highest BCUT2D eigenvalue weighted by molar-refractivity contribution is 7.92. The summed E-state index contributed by atoms with van der Waals surface area (Å²) in [6, 6.07) is 10.3. The Bertz CT molecular complexity index is 920. The van der Waals surface area contributed by atoms with Crippen LogP contribution in [0, 0.1) is 0 Å². The van der Waals surface area contributed by atoms with Gasteiger partial charge in [0.1, 0.15) is 11.8 Å². The molecular weight excluding hydrogens is 354 g/mol. The van der Waals surface area contributed by atoms with E-state index >= 15 is 0 Å². The number of furan rings is 1. The summed E-state index contributed by atoms with van der Waals surface area (Å²) in [5.41, 5.74) is 1.94. The summed E-state index contributed by atoms with van der Waals surface area (Å²) in [6.45, 7) is 1.95. The van der Waals surface area contributed by atoms with Gasteiger partial charge in [0.15, 0.2) is 0 Å². The lowest BCUT2D eigenvalue weighted by Crippen LogP contribution is -2.26. The second kappa shape index (κ2) is 7.33. The maximum atomic E-state index is 12.5. The van der Waals surface area contributed by atoms with Gasteiger partial charge in [-0.15, -0.1) is 0 Å². The molecule has 0 spiro atoms. The second-order valence-electron chi connectivity index (χ2n) is 6.23. The topological polar surface area (TPSA) is 92.0 Å². The molecule has 2 heterocycles. The van der Waals surface area contributed by atoms with Crippen LogP contribution in [-0.2, 0) is 14.8 Å². The van der Waals surface area contributed by atoms with Crippen molar-refractivity contribution >= 4 is 27.3 Å². The smallest absolute Gasteiger partial charge is 0.243 e. The first-order valence-corrected chi connectivity index (χ1v) is 10.3. The van der Waals surface area contributed by atoms with Gasteiger partial charge >= 0.3 is 0 Å². The Balaban J connectivity index is 1.91. The Morgan fingerprint density at radius 2 is 2.15 bits per heavy atom. The summed E-state index contributed by atoms with van der Waals surface area (Å²) in [5, 5.41) is 6.00. The number of nitrogens with zero attached hydrogens (tertiary/aromatic N) is 2. The average molecular weight is 375 g/mol. The van der Waals surface area contributed by atoms with E-state index in [9.17, 15) is 13.2 Å². The maximum Gasteiger partial charge on any atom is 0.243 e. The van der Waals surface area contributed by atoms with E-state index in [1.807, 2.05) is 19.1 Å². The number of carbonyl (C=O) groups excluding carboxylic acids is 1. The number of amides is 1. The van der Waals surface area contributed by atoms with Crippen molar-refractivity contribution in [2.24, 2.45) is 5.10 Å². The van der Waals surface area contributed by atoms with E-state index in [1.54, 1.807) is 30.5 Å². The summed E-state index contributed by atoms with van der Waals surface area (Å²) >= 11 is 0.